The molecule has 35 heavy (non-hydrogen) atoms. The van der Waals surface area contributed by atoms with Crippen LogP contribution in [0.3, 0.4) is 0 Å². The predicted octanol–water partition coefficient (Wildman–Crippen LogP) is 3.28. The van der Waals surface area contributed by atoms with Crippen LogP contribution in [0.4, 0.5) is 0 Å². The summed E-state index contributed by atoms with van der Waals surface area (Å²) in [6.07, 6.45) is 1.70. The van der Waals surface area contributed by atoms with Crippen LogP contribution in [-0.2, 0) is 9.53 Å². The van der Waals surface area contributed by atoms with Crippen LogP contribution < -0.4 is 24.4 Å². The molecule has 0 radical (unpaired) electrons. The number of carbonyl (C=O) groups excluding carboxylic acids is 1. The maximum absolute atomic E-state index is 13.7. The first-order valence-electron chi connectivity index (χ1n) is 10.7. The summed E-state index contributed by atoms with van der Waals surface area (Å²) in [5.41, 5.74) is 1.82. The highest BCUT2D eigenvalue weighted by Gasteiger charge is 2.33. The Morgan fingerprint density at radius 3 is 2.71 bits per heavy atom. The third-order valence-corrected chi connectivity index (χ3v) is 7.08. The van der Waals surface area contributed by atoms with Crippen LogP contribution in [0.1, 0.15) is 31.0 Å². The van der Waals surface area contributed by atoms with Gasteiger partial charge in [0.25, 0.3) is 5.56 Å². The highest BCUT2D eigenvalue weighted by atomic mass is 79.9. The van der Waals surface area contributed by atoms with E-state index in [4.69, 9.17) is 14.2 Å². The van der Waals surface area contributed by atoms with E-state index >= 15 is 0 Å². The number of phenolic OH excluding ortho intramolecular Hbond substituents is 1. The van der Waals surface area contributed by atoms with Crippen molar-refractivity contribution in [3.05, 3.63) is 83.0 Å². The Hall–Kier alpha value is -3.37. The van der Waals surface area contributed by atoms with Crippen molar-refractivity contribution in [3.63, 3.8) is 0 Å². The molecular weight excluding hydrogens is 536 g/mol. The third-order valence-electron chi connectivity index (χ3n) is 5.50. The van der Waals surface area contributed by atoms with Crippen molar-refractivity contribution in [1.29, 1.82) is 0 Å². The van der Waals surface area contributed by atoms with Crippen molar-refractivity contribution < 1.29 is 24.1 Å². The molecule has 3 aromatic rings. The number of phenols is 1. The molecule has 0 saturated carbocycles. The van der Waals surface area contributed by atoms with Crippen molar-refractivity contribution in [2.24, 2.45) is 4.99 Å². The number of hydrogen-bond acceptors (Lipinski definition) is 8. The first-order valence-corrected chi connectivity index (χ1v) is 12.3. The molecule has 0 aliphatic carbocycles. The molecule has 1 N–H and O–H groups in total. The minimum atomic E-state index is -0.733. The van der Waals surface area contributed by atoms with E-state index in [2.05, 4.69) is 20.9 Å². The molecule has 4 rings (SSSR count). The maximum atomic E-state index is 13.7. The van der Waals surface area contributed by atoms with Crippen LogP contribution in [-0.4, -0.2) is 36.5 Å². The summed E-state index contributed by atoms with van der Waals surface area (Å²) in [7, 11) is 3.01. The molecule has 0 saturated heterocycles. The van der Waals surface area contributed by atoms with E-state index < -0.39 is 12.0 Å². The number of thiazole rings is 1. The molecule has 2 heterocycles. The van der Waals surface area contributed by atoms with Gasteiger partial charge >= 0.3 is 5.97 Å². The second kappa shape index (κ2) is 10.1. The number of benzene rings is 2. The van der Waals surface area contributed by atoms with Crippen LogP contribution in [0.25, 0.3) is 6.08 Å². The Bertz CT molecular complexity index is 1520. The lowest BCUT2D eigenvalue weighted by Gasteiger charge is -2.25. The van der Waals surface area contributed by atoms with Crippen molar-refractivity contribution in [2.75, 3.05) is 20.8 Å². The van der Waals surface area contributed by atoms with Crippen LogP contribution in [0.2, 0.25) is 0 Å². The molecule has 182 valence electrons. The average Bonchev–Trinajstić information content (AvgIpc) is 3.14. The van der Waals surface area contributed by atoms with Gasteiger partial charge in [0, 0.05) is 0 Å². The number of aromatic nitrogens is 1. The zero-order valence-corrected chi connectivity index (χ0v) is 21.9. The van der Waals surface area contributed by atoms with Crippen LogP contribution in [0, 0.1) is 0 Å². The fraction of sp³-hybridized carbons (Fsp3) is 0.240. The van der Waals surface area contributed by atoms with Crippen molar-refractivity contribution in [3.8, 4) is 17.2 Å². The number of allylic oxidation sites excluding steroid dienone is 1. The Balaban J connectivity index is 1.96. The summed E-state index contributed by atoms with van der Waals surface area (Å²) in [6, 6.07) is 9.82. The third kappa shape index (κ3) is 4.63. The van der Waals surface area contributed by atoms with Gasteiger partial charge in [0.15, 0.2) is 16.3 Å². The second-order valence-electron chi connectivity index (χ2n) is 7.63. The zero-order chi connectivity index (χ0) is 25.3. The van der Waals surface area contributed by atoms with Crippen molar-refractivity contribution in [1.82, 2.24) is 4.57 Å². The first kappa shape index (κ1) is 24.7. The monoisotopic (exact) mass is 558 g/mol. The highest BCUT2D eigenvalue weighted by molar-refractivity contribution is 9.10. The number of esters is 1. The molecule has 0 bridgehead atoms. The van der Waals surface area contributed by atoms with E-state index in [1.807, 2.05) is 12.1 Å². The number of ether oxygens (including phenoxy) is 3. The molecule has 10 heteroatoms. The Labute approximate surface area is 213 Å². The normalized spacial score (nSPS) is 15.5. The highest BCUT2D eigenvalue weighted by Crippen LogP contribution is 2.35. The van der Waals surface area contributed by atoms with Gasteiger partial charge in [-0.2, -0.15) is 0 Å². The molecule has 0 unspecified atom stereocenters. The number of aromatic hydroxyl groups is 1. The van der Waals surface area contributed by atoms with Crippen LogP contribution in [0.15, 0.2) is 61.9 Å². The number of halogens is 1. The number of nitrogens with zero attached hydrogens (tertiary/aromatic N) is 2. The molecule has 1 aliphatic rings. The van der Waals surface area contributed by atoms with E-state index in [0.29, 0.717) is 42.0 Å². The summed E-state index contributed by atoms with van der Waals surface area (Å²) in [5.74, 6) is 0.318. The van der Waals surface area contributed by atoms with Gasteiger partial charge < -0.3 is 19.3 Å². The van der Waals surface area contributed by atoms with Gasteiger partial charge in [-0.1, -0.05) is 23.5 Å². The summed E-state index contributed by atoms with van der Waals surface area (Å²) in [5, 5.41) is 10.1. The minimum absolute atomic E-state index is 0.0289. The summed E-state index contributed by atoms with van der Waals surface area (Å²) < 4.78 is 18.3. The average molecular weight is 559 g/mol. The van der Waals surface area contributed by atoms with Gasteiger partial charge in [-0.25, -0.2) is 9.79 Å². The van der Waals surface area contributed by atoms with Gasteiger partial charge in [-0.3, -0.25) is 9.36 Å². The minimum Gasteiger partial charge on any atom is -0.503 e. The zero-order valence-electron chi connectivity index (χ0n) is 19.5. The maximum Gasteiger partial charge on any atom is 0.338 e. The Morgan fingerprint density at radius 1 is 1.26 bits per heavy atom. The number of rotatable bonds is 6. The van der Waals surface area contributed by atoms with E-state index in [1.54, 1.807) is 51.3 Å². The van der Waals surface area contributed by atoms with Crippen LogP contribution in [0.5, 0.6) is 17.2 Å². The number of carbonyl (C=O) groups is 1. The van der Waals surface area contributed by atoms with Gasteiger partial charge in [-0.05, 0) is 71.2 Å². The summed E-state index contributed by atoms with van der Waals surface area (Å²) >= 11 is 4.52. The lowest BCUT2D eigenvalue weighted by atomic mass is 9.95. The predicted molar refractivity (Wildman–Crippen MR) is 136 cm³/mol. The lowest BCUT2D eigenvalue weighted by molar-refractivity contribution is -0.139. The van der Waals surface area contributed by atoms with Gasteiger partial charge in [0.05, 0.1) is 47.1 Å². The summed E-state index contributed by atoms with van der Waals surface area (Å²) in [4.78, 5) is 31.7. The fourth-order valence-corrected chi connectivity index (χ4v) is 5.41. The molecular formula is C25H23BrN2O6S. The van der Waals surface area contributed by atoms with Gasteiger partial charge in [-0.15, -0.1) is 0 Å². The van der Waals surface area contributed by atoms with Gasteiger partial charge in [0.1, 0.15) is 5.75 Å². The van der Waals surface area contributed by atoms with Crippen molar-refractivity contribution >= 4 is 39.3 Å². The fourth-order valence-electron chi connectivity index (χ4n) is 3.90. The standard InChI is InChI=1S/C25H23BrN2O6S/c1-5-34-24(31)20-13(2)27-25-28(21(20)15-7-6-8-16(12-15)32-3)23(30)19(35-25)11-14-9-17(26)22(29)18(10-14)33-4/h6-12,21,29H,5H2,1-4H3/t21-/m1/s1. The molecule has 1 aromatic heterocycles. The Kier molecular flexibility index (Phi) is 7.13. The molecule has 1 aliphatic heterocycles. The molecule has 0 spiro atoms. The second-order valence-corrected chi connectivity index (χ2v) is 9.50. The van der Waals surface area contributed by atoms with Crippen molar-refractivity contribution in [2.45, 2.75) is 19.9 Å². The van der Waals surface area contributed by atoms with E-state index in [1.165, 1.54) is 23.0 Å². The molecule has 0 fully saturated rings. The smallest absolute Gasteiger partial charge is 0.338 e. The lowest BCUT2D eigenvalue weighted by Crippen LogP contribution is -2.39. The van der Waals surface area contributed by atoms with Gasteiger partial charge in [0.2, 0.25) is 0 Å². The summed E-state index contributed by atoms with van der Waals surface area (Å²) in [6.45, 7) is 3.66. The number of hydrogen-bond donors (Lipinski definition) is 1. The SMILES string of the molecule is CCOC(=O)C1=C(C)N=c2sc(=Cc3cc(Br)c(O)c(OC)c3)c(=O)n2[C@@H]1c1cccc(OC)c1. The van der Waals surface area contributed by atoms with Crippen LogP contribution >= 0.6 is 27.3 Å². The topological polar surface area (TPSA) is 99.4 Å². The largest absolute Gasteiger partial charge is 0.503 e. The van der Waals surface area contributed by atoms with E-state index in [0.717, 1.165) is 0 Å². The Morgan fingerprint density at radius 2 is 2.03 bits per heavy atom. The molecule has 8 nitrogen and oxygen atoms in total. The number of fused-ring (bicyclic) bond motifs is 1. The molecule has 0 amide bonds. The van der Waals surface area contributed by atoms with E-state index in [9.17, 15) is 14.7 Å². The first-order chi connectivity index (χ1) is 16.8. The molecule has 1 atom stereocenters. The quantitative estimate of drug-likeness (QED) is 0.466. The number of methoxy groups -OCH3 is 2. The molecule has 2 aromatic carbocycles. The van der Waals surface area contributed by atoms with E-state index in [-0.39, 0.29) is 23.7 Å².